The van der Waals surface area contributed by atoms with Gasteiger partial charge in [0.2, 0.25) is 11.8 Å². The van der Waals surface area contributed by atoms with Crippen molar-refractivity contribution in [1.82, 2.24) is 10.2 Å². The van der Waals surface area contributed by atoms with E-state index in [0.717, 1.165) is 17.5 Å². The fraction of sp³-hybridized carbons (Fsp3) is 0.481. The van der Waals surface area contributed by atoms with Gasteiger partial charge < -0.3 is 10.2 Å². The quantitative estimate of drug-likeness (QED) is 0.510. The Hall–Kier alpha value is -2.33. The maximum Gasteiger partial charge on any atom is 0.242 e. The van der Waals surface area contributed by atoms with Crippen molar-refractivity contribution in [3.8, 4) is 0 Å². The molecule has 0 saturated heterocycles. The molecule has 2 aromatic carbocycles. The number of aryl methyl sites for hydroxylation is 1. The number of amides is 2. The fourth-order valence-corrected chi connectivity index (χ4v) is 3.53. The van der Waals surface area contributed by atoms with Crippen molar-refractivity contribution in [3.05, 3.63) is 70.2 Å². The average Bonchev–Trinajstić information content (AvgIpc) is 2.76. The Balaban J connectivity index is 2.13. The monoisotopic (exact) mass is 456 g/mol. The Morgan fingerprint density at radius 2 is 1.53 bits per heavy atom. The lowest BCUT2D eigenvalue weighted by atomic mass is 9.86. The van der Waals surface area contributed by atoms with Crippen LogP contribution in [0.3, 0.4) is 0 Å². The van der Waals surface area contributed by atoms with Crippen molar-refractivity contribution in [2.24, 2.45) is 0 Å². The van der Waals surface area contributed by atoms with Crippen LogP contribution in [-0.4, -0.2) is 28.8 Å². The number of carbonyl (C=O) groups excluding carboxylic acids is 2. The SMILES string of the molecule is CC[C@@H](C)NC(=O)[C@H](C)N(Cc1ccc(Cl)cc1)C(=O)CCc1ccc(C(C)(C)C)cc1. The largest absolute Gasteiger partial charge is 0.352 e. The summed E-state index contributed by atoms with van der Waals surface area (Å²) in [5, 5.41) is 3.65. The summed E-state index contributed by atoms with van der Waals surface area (Å²) in [4.78, 5) is 27.7. The molecule has 2 aromatic rings. The minimum atomic E-state index is -0.560. The van der Waals surface area contributed by atoms with Gasteiger partial charge in [-0.15, -0.1) is 0 Å². The molecular formula is C27H37ClN2O2. The second-order valence-electron chi connectivity index (χ2n) is 9.59. The predicted octanol–water partition coefficient (Wildman–Crippen LogP) is 5.90. The van der Waals surface area contributed by atoms with Gasteiger partial charge in [0.05, 0.1) is 0 Å². The lowest BCUT2D eigenvalue weighted by Gasteiger charge is -2.30. The molecule has 5 heteroatoms. The highest BCUT2D eigenvalue weighted by Crippen LogP contribution is 2.23. The van der Waals surface area contributed by atoms with Gasteiger partial charge in [-0.1, -0.05) is 75.7 Å². The second kappa shape index (κ2) is 11.5. The van der Waals surface area contributed by atoms with E-state index in [1.54, 1.807) is 24.0 Å². The molecule has 0 fully saturated rings. The lowest BCUT2D eigenvalue weighted by molar-refractivity contribution is -0.140. The second-order valence-corrected chi connectivity index (χ2v) is 10.0. The van der Waals surface area contributed by atoms with Gasteiger partial charge in [-0.3, -0.25) is 9.59 Å². The first-order valence-electron chi connectivity index (χ1n) is 11.4. The number of benzene rings is 2. The molecule has 2 amide bonds. The third-order valence-corrected chi connectivity index (χ3v) is 6.13. The third kappa shape index (κ3) is 7.67. The molecule has 0 heterocycles. The molecule has 0 spiro atoms. The van der Waals surface area contributed by atoms with Crippen LogP contribution in [0.4, 0.5) is 0 Å². The molecule has 0 aliphatic carbocycles. The molecule has 0 saturated carbocycles. The van der Waals surface area contributed by atoms with E-state index < -0.39 is 6.04 Å². The van der Waals surface area contributed by atoms with Gasteiger partial charge in [-0.05, 0) is 60.9 Å². The topological polar surface area (TPSA) is 49.4 Å². The number of nitrogens with one attached hydrogen (secondary N) is 1. The minimum Gasteiger partial charge on any atom is -0.352 e. The summed E-state index contributed by atoms with van der Waals surface area (Å²) >= 11 is 6.01. The number of carbonyl (C=O) groups is 2. The molecule has 0 aliphatic heterocycles. The summed E-state index contributed by atoms with van der Waals surface area (Å²) < 4.78 is 0. The van der Waals surface area contributed by atoms with Crippen molar-refractivity contribution >= 4 is 23.4 Å². The molecule has 4 nitrogen and oxygen atoms in total. The van der Waals surface area contributed by atoms with Crippen LogP contribution in [0.1, 0.15) is 71.1 Å². The Kier molecular flexibility index (Phi) is 9.33. The normalized spacial score (nSPS) is 13.3. The van der Waals surface area contributed by atoms with E-state index in [1.807, 2.05) is 26.0 Å². The molecular weight excluding hydrogens is 420 g/mol. The number of halogens is 1. The van der Waals surface area contributed by atoms with Gasteiger partial charge in [0.15, 0.2) is 0 Å². The van der Waals surface area contributed by atoms with Gasteiger partial charge in [0, 0.05) is 24.0 Å². The zero-order valence-electron chi connectivity index (χ0n) is 20.2. The van der Waals surface area contributed by atoms with Crippen LogP contribution in [0.5, 0.6) is 0 Å². The highest BCUT2D eigenvalue weighted by molar-refractivity contribution is 6.30. The summed E-state index contributed by atoms with van der Waals surface area (Å²) in [5.74, 6) is -0.164. The van der Waals surface area contributed by atoms with E-state index in [2.05, 4.69) is 50.4 Å². The summed E-state index contributed by atoms with van der Waals surface area (Å²) in [6, 6.07) is 15.4. The van der Waals surface area contributed by atoms with Crippen LogP contribution in [0.25, 0.3) is 0 Å². The maximum atomic E-state index is 13.2. The highest BCUT2D eigenvalue weighted by atomic mass is 35.5. The van der Waals surface area contributed by atoms with Gasteiger partial charge in [-0.2, -0.15) is 0 Å². The van der Waals surface area contributed by atoms with Gasteiger partial charge in [0.25, 0.3) is 0 Å². The molecule has 2 rings (SSSR count). The van der Waals surface area contributed by atoms with Crippen LogP contribution in [0, 0.1) is 0 Å². The van der Waals surface area contributed by atoms with Gasteiger partial charge in [0.1, 0.15) is 6.04 Å². The number of hydrogen-bond donors (Lipinski definition) is 1. The molecule has 174 valence electrons. The van der Waals surface area contributed by atoms with Crippen LogP contribution in [-0.2, 0) is 28.0 Å². The number of nitrogens with zero attached hydrogens (tertiary/aromatic N) is 1. The third-order valence-electron chi connectivity index (χ3n) is 5.88. The summed E-state index contributed by atoms with van der Waals surface area (Å²) in [7, 11) is 0. The first-order chi connectivity index (χ1) is 15.0. The Morgan fingerprint density at radius 1 is 0.969 bits per heavy atom. The highest BCUT2D eigenvalue weighted by Gasteiger charge is 2.26. The molecule has 2 atom stereocenters. The van der Waals surface area contributed by atoms with Crippen molar-refractivity contribution in [1.29, 1.82) is 0 Å². The summed E-state index contributed by atoms with van der Waals surface area (Å²) in [6.45, 7) is 12.7. The predicted molar refractivity (Wildman–Crippen MR) is 133 cm³/mol. The Bertz CT molecular complexity index is 885. The molecule has 1 N–H and O–H groups in total. The van der Waals surface area contributed by atoms with E-state index in [4.69, 9.17) is 11.6 Å². The van der Waals surface area contributed by atoms with Crippen LogP contribution in [0.15, 0.2) is 48.5 Å². The van der Waals surface area contributed by atoms with E-state index in [1.165, 1.54) is 5.56 Å². The van der Waals surface area contributed by atoms with Gasteiger partial charge >= 0.3 is 0 Å². The standard InChI is InChI=1S/C27H37ClN2O2/c1-7-19(2)29-26(32)20(3)30(18-22-10-15-24(28)16-11-22)25(31)17-12-21-8-13-23(14-9-21)27(4,5)6/h8-11,13-16,19-20H,7,12,17-18H2,1-6H3,(H,29,32)/t19-,20+/m1/s1. The Labute approximate surface area is 198 Å². The van der Waals surface area contributed by atoms with Crippen molar-refractivity contribution in [2.75, 3.05) is 0 Å². The van der Waals surface area contributed by atoms with Crippen molar-refractivity contribution in [3.63, 3.8) is 0 Å². The Morgan fingerprint density at radius 3 is 2.06 bits per heavy atom. The van der Waals surface area contributed by atoms with Crippen molar-refractivity contribution in [2.45, 2.75) is 84.8 Å². The number of rotatable bonds is 9. The fourth-order valence-electron chi connectivity index (χ4n) is 3.40. The van der Waals surface area contributed by atoms with Gasteiger partial charge in [-0.25, -0.2) is 0 Å². The van der Waals surface area contributed by atoms with E-state index in [9.17, 15) is 9.59 Å². The van der Waals surface area contributed by atoms with E-state index in [0.29, 0.717) is 24.4 Å². The molecule has 0 aromatic heterocycles. The average molecular weight is 457 g/mol. The molecule has 0 unspecified atom stereocenters. The lowest BCUT2D eigenvalue weighted by Crippen LogP contribution is -2.49. The molecule has 0 bridgehead atoms. The first-order valence-corrected chi connectivity index (χ1v) is 11.8. The minimum absolute atomic E-state index is 0.0355. The number of hydrogen-bond acceptors (Lipinski definition) is 2. The maximum absolute atomic E-state index is 13.2. The smallest absolute Gasteiger partial charge is 0.242 e. The zero-order chi connectivity index (χ0) is 23.9. The van der Waals surface area contributed by atoms with Crippen molar-refractivity contribution < 1.29 is 9.59 Å². The van der Waals surface area contributed by atoms with E-state index >= 15 is 0 Å². The molecule has 0 aliphatic rings. The zero-order valence-corrected chi connectivity index (χ0v) is 21.0. The first kappa shape index (κ1) is 25.9. The van der Waals surface area contributed by atoms with Crippen LogP contribution < -0.4 is 5.32 Å². The van der Waals surface area contributed by atoms with E-state index in [-0.39, 0.29) is 23.3 Å². The summed E-state index contributed by atoms with van der Waals surface area (Å²) in [6.07, 6.45) is 1.83. The molecule has 32 heavy (non-hydrogen) atoms. The summed E-state index contributed by atoms with van der Waals surface area (Å²) in [5.41, 5.74) is 3.43. The van der Waals surface area contributed by atoms with Crippen LogP contribution >= 0.6 is 11.6 Å². The molecule has 0 radical (unpaired) electrons. The van der Waals surface area contributed by atoms with Crippen LogP contribution in [0.2, 0.25) is 5.02 Å².